The van der Waals surface area contributed by atoms with Gasteiger partial charge in [-0.1, -0.05) is 17.9 Å². The summed E-state index contributed by atoms with van der Waals surface area (Å²) in [4.78, 5) is 13.6. The highest BCUT2D eigenvalue weighted by atomic mass is 16.3. The highest BCUT2D eigenvalue weighted by molar-refractivity contribution is 5.96. The molecule has 0 aliphatic heterocycles. The fourth-order valence-corrected chi connectivity index (χ4v) is 1.61. The Kier molecular flexibility index (Phi) is 5.37. The Bertz CT molecular complexity index is 486. The van der Waals surface area contributed by atoms with E-state index in [9.17, 15) is 4.79 Å². The second-order valence-electron chi connectivity index (χ2n) is 3.93. The van der Waals surface area contributed by atoms with Crippen LogP contribution in [0.4, 0.5) is 0 Å². The molecule has 1 aromatic rings. The van der Waals surface area contributed by atoms with Crippen LogP contribution < -0.4 is 5.73 Å². The molecule has 0 aliphatic carbocycles. The number of carbonyl (C=O) groups excluding carboxylic acids is 1. The van der Waals surface area contributed by atoms with Gasteiger partial charge >= 0.3 is 0 Å². The lowest BCUT2D eigenvalue weighted by molar-refractivity contribution is 0.0766. The maximum Gasteiger partial charge on any atom is 0.253 e. The van der Waals surface area contributed by atoms with Gasteiger partial charge in [0.25, 0.3) is 5.91 Å². The maximum absolute atomic E-state index is 12.1. The third kappa shape index (κ3) is 3.33. The van der Waals surface area contributed by atoms with Gasteiger partial charge in [-0.05, 0) is 24.6 Å². The van der Waals surface area contributed by atoms with Gasteiger partial charge in [0, 0.05) is 24.7 Å². The van der Waals surface area contributed by atoms with Gasteiger partial charge in [0.2, 0.25) is 0 Å². The summed E-state index contributed by atoms with van der Waals surface area (Å²) in [6.45, 7) is 2.42. The predicted molar refractivity (Wildman–Crippen MR) is 71.2 cm³/mol. The number of hydrogen-bond acceptors (Lipinski definition) is 3. The van der Waals surface area contributed by atoms with Crippen molar-refractivity contribution in [3.05, 3.63) is 34.9 Å². The molecule has 4 heteroatoms. The topological polar surface area (TPSA) is 66.6 Å². The first-order valence-corrected chi connectivity index (χ1v) is 5.76. The van der Waals surface area contributed by atoms with E-state index in [-0.39, 0.29) is 12.5 Å². The molecule has 4 nitrogen and oxygen atoms in total. The molecule has 0 fully saturated rings. The van der Waals surface area contributed by atoms with Gasteiger partial charge in [0.05, 0.1) is 13.2 Å². The average Bonchev–Trinajstić information content (AvgIpc) is 2.37. The Morgan fingerprint density at radius 3 is 2.83 bits per heavy atom. The van der Waals surface area contributed by atoms with Crippen molar-refractivity contribution < 1.29 is 9.90 Å². The van der Waals surface area contributed by atoms with Gasteiger partial charge in [0.15, 0.2) is 0 Å². The van der Waals surface area contributed by atoms with Crippen molar-refractivity contribution in [1.82, 2.24) is 4.90 Å². The average molecular weight is 246 g/mol. The number of nitrogens with two attached hydrogens (primary N) is 1. The van der Waals surface area contributed by atoms with E-state index in [1.807, 2.05) is 13.0 Å². The first-order valence-electron chi connectivity index (χ1n) is 5.76. The zero-order valence-corrected chi connectivity index (χ0v) is 10.7. The number of aliphatic hydroxyl groups excluding tert-OH is 1. The summed E-state index contributed by atoms with van der Waals surface area (Å²) >= 11 is 0. The van der Waals surface area contributed by atoms with Crippen LogP contribution in [-0.4, -0.2) is 42.7 Å². The molecule has 0 radical (unpaired) electrons. The minimum Gasteiger partial charge on any atom is -0.395 e. The first-order chi connectivity index (χ1) is 8.61. The standard InChI is InChI=1S/C14H18N2O2/c1-11-12(6-4-8-15)5-3-7-13(11)14(18)16(2)9-10-17/h3,5,7,17H,8-10,15H2,1-2H3. The Morgan fingerprint density at radius 2 is 2.22 bits per heavy atom. The van der Waals surface area contributed by atoms with Crippen molar-refractivity contribution in [3.63, 3.8) is 0 Å². The Hall–Kier alpha value is -1.83. The number of amides is 1. The molecular weight excluding hydrogens is 228 g/mol. The molecule has 0 saturated heterocycles. The van der Waals surface area contributed by atoms with Crippen molar-refractivity contribution >= 4 is 5.91 Å². The zero-order valence-electron chi connectivity index (χ0n) is 10.7. The number of aliphatic hydroxyl groups is 1. The molecule has 0 aliphatic rings. The summed E-state index contributed by atoms with van der Waals surface area (Å²) in [7, 11) is 1.66. The molecule has 0 bridgehead atoms. The minimum atomic E-state index is -0.113. The van der Waals surface area contributed by atoms with E-state index in [4.69, 9.17) is 10.8 Å². The largest absolute Gasteiger partial charge is 0.395 e. The monoisotopic (exact) mass is 246 g/mol. The van der Waals surface area contributed by atoms with Crippen LogP contribution in [0.1, 0.15) is 21.5 Å². The quantitative estimate of drug-likeness (QED) is 0.757. The lowest BCUT2D eigenvalue weighted by Gasteiger charge is -2.17. The molecule has 0 atom stereocenters. The summed E-state index contributed by atoms with van der Waals surface area (Å²) in [5.74, 6) is 5.61. The van der Waals surface area contributed by atoms with E-state index in [1.54, 1.807) is 19.2 Å². The van der Waals surface area contributed by atoms with Crippen molar-refractivity contribution in [2.75, 3.05) is 26.7 Å². The smallest absolute Gasteiger partial charge is 0.253 e. The summed E-state index contributed by atoms with van der Waals surface area (Å²) in [6, 6.07) is 5.42. The fraction of sp³-hybridized carbons (Fsp3) is 0.357. The lowest BCUT2D eigenvalue weighted by atomic mass is 10.0. The molecule has 0 heterocycles. The van der Waals surface area contributed by atoms with Gasteiger partial charge in [-0.25, -0.2) is 0 Å². The molecule has 1 amide bonds. The molecule has 3 N–H and O–H groups in total. The Labute approximate surface area is 107 Å². The molecule has 0 unspecified atom stereocenters. The molecule has 0 aromatic heterocycles. The van der Waals surface area contributed by atoms with E-state index < -0.39 is 0 Å². The molecule has 1 rings (SSSR count). The number of nitrogens with zero attached hydrogens (tertiary/aromatic N) is 1. The summed E-state index contributed by atoms with van der Waals surface area (Å²) in [6.07, 6.45) is 0. The van der Waals surface area contributed by atoms with E-state index in [1.165, 1.54) is 4.90 Å². The SMILES string of the molecule is Cc1c(C#CCN)cccc1C(=O)N(C)CCO. The van der Waals surface area contributed by atoms with Gasteiger partial charge in [-0.3, -0.25) is 4.79 Å². The number of carbonyl (C=O) groups is 1. The normalized spacial score (nSPS) is 9.56. The molecule has 96 valence electrons. The van der Waals surface area contributed by atoms with Gasteiger partial charge in [0.1, 0.15) is 0 Å². The van der Waals surface area contributed by atoms with Crippen LogP contribution in [0.25, 0.3) is 0 Å². The molecule has 18 heavy (non-hydrogen) atoms. The zero-order chi connectivity index (χ0) is 13.5. The van der Waals surface area contributed by atoms with Gasteiger partial charge in [-0.15, -0.1) is 0 Å². The van der Waals surface area contributed by atoms with Crippen LogP contribution in [0.2, 0.25) is 0 Å². The number of rotatable bonds is 3. The third-order valence-corrected chi connectivity index (χ3v) is 2.67. The highest BCUT2D eigenvalue weighted by Crippen LogP contribution is 2.14. The molecule has 1 aromatic carbocycles. The highest BCUT2D eigenvalue weighted by Gasteiger charge is 2.14. The second kappa shape index (κ2) is 6.80. The predicted octanol–water partition coefficient (Wildman–Crippen LogP) is 0.370. The Morgan fingerprint density at radius 1 is 1.50 bits per heavy atom. The first kappa shape index (κ1) is 14.2. The number of hydrogen-bond donors (Lipinski definition) is 2. The van der Waals surface area contributed by atoms with Crippen LogP contribution in [0, 0.1) is 18.8 Å². The summed E-state index contributed by atoms with van der Waals surface area (Å²) < 4.78 is 0. The van der Waals surface area contributed by atoms with Crippen molar-refractivity contribution in [3.8, 4) is 11.8 Å². The van der Waals surface area contributed by atoms with Crippen LogP contribution in [0.15, 0.2) is 18.2 Å². The van der Waals surface area contributed by atoms with Gasteiger partial charge < -0.3 is 15.7 Å². The van der Waals surface area contributed by atoms with E-state index in [2.05, 4.69) is 11.8 Å². The lowest BCUT2D eigenvalue weighted by Crippen LogP contribution is -2.30. The van der Waals surface area contributed by atoms with Crippen molar-refractivity contribution in [1.29, 1.82) is 0 Å². The summed E-state index contributed by atoms with van der Waals surface area (Å²) in [5.41, 5.74) is 7.59. The van der Waals surface area contributed by atoms with Crippen LogP contribution in [0.5, 0.6) is 0 Å². The van der Waals surface area contributed by atoms with E-state index in [0.717, 1.165) is 11.1 Å². The third-order valence-electron chi connectivity index (χ3n) is 2.67. The number of likely N-dealkylation sites (N-methyl/N-ethyl adjacent to an activating group) is 1. The maximum atomic E-state index is 12.1. The van der Waals surface area contributed by atoms with E-state index >= 15 is 0 Å². The second-order valence-corrected chi connectivity index (χ2v) is 3.93. The molecule has 0 saturated carbocycles. The van der Waals surface area contributed by atoms with Crippen LogP contribution >= 0.6 is 0 Å². The minimum absolute atomic E-state index is 0.0477. The van der Waals surface area contributed by atoms with Gasteiger partial charge in [-0.2, -0.15) is 0 Å². The summed E-state index contributed by atoms with van der Waals surface area (Å²) in [5, 5.41) is 8.84. The molecular formula is C14H18N2O2. The molecule has 0 spiro atoms. The van der Waals surface area contributed by atoms with Crippen molar-refractivity contribution in [2.45, 2.75) is 6.92 Å². The Balaban J connectivity index is 3.07. The van der Waals surface area contributed by atoms with E-state index in [0.29, 0.717) is 18.7 Å². The fourth-order valence-electron chi connectivity index (χ4n) is 1.61. The number of benzene rings is 1. The van der Waals surface area contributed by atoms with Crippen molar-refractivity contribution in [2.24, 2.45) is 5.73 Å². The van der Waals surface area contributed by atoms with Crippen LogP contribution in [-0.2, 0) is 0 Å². The van der Waals surface area contributed by atoms with Crippen LogP contribution in [0.3, 0.4) is 0 Å².